The lowest BCUT2D eigenvalue weighted by molar-refractivity contribution is -0.270. The minimum Gasteiger partial charge on any atom is -0.872 e. The third-order valence-electron chi connectivity index (χ3n) is 3.09. The summed E-state index contributed by atoms with van der Waals surface area (Å²) in [5, 5.41) is 41.5. The summed E-state index contributed by atoms with van der Waals surface area (Å²) in [6.07, 6.45) is -0.535. The number of hydrogen-bond donors (Lipinski definition) is 2. The van der Waals surface area contributed by atoms with Crippen LogP contribution in [-0.2, 0) is 22.4 Å². The van der Waals surface area contributed by atoms with Crippen LogP contribution in [0.4, 0.5) is 0 Å². The van der Waals surface area contributed by atoms with Gasteiger partial charge in [-0.05, 0) is 22.3 Å². The molecule has 0 heterocycles. The number of benzene rings is 2. The highest BCUT2D eigenvalue weighted by molar-refractivity contribution is 5.79. The fourth-order valence-electron chi connectivity index (χ4n) is 2.14. The van der Waals surface area contributed by atoms with Gasteiger partial charge in [-0.25, -0.2) is 0 Å². The highest BCUT2D eigenvalue weighted by Gasteiger charge is 2.08. The Morgan fingerprint density at radius 1 is 0.773 bits per heavy atom. The normalized spacial score (nSPS) is 10.4. The van der Waals surface area contributed by atoms with Crippen molar-refractivity contribution in [2.24, 2.45) is 0 Å². The van der Waals surface area contributed by atoms with E-state index in [-0.39, 0.29) is 24.0 Å². The first-order valence-corrected chi connectivity index (χ1v) is 6.40. The van der Waals surface area contributed by atoms with Crippen LogP contribution >= 0.6 is 0 Å². The largest absolute Gasteiger partial charge is 0.872 e. The van der Waals surface area contributed by atoms with E-state index in [1.54, 1.807) is 0 Å². The van der Waals surface area contributed by atoms with Crippen molar-refractivity contribution in [3.63, 3.8) is 0 Å². The molecule has 6 heteroatoms. The van der Waals surface area contributed by atoms with Gasteiger partial charge < -0.3 is 20.4 Å². The Morgan fingerprint density at radius 2 is 1.14 bits per heavy atom. The van der Waals surface area contributed by atoms with Gasteiger partial charge in [0.15, 0.2) is 0 Å². The lowest BCUT2D eigenvalue weighted by Crippen LogP contribution is -2.04. The van der Waals surface area contributed by atoms with Gasteiger partial charge in [0.25, 0.3) is 0 Å². The van der Waals surface area contributed by atoms with Crippen LogP contribution in [0.5, 0.6) is 11.5 Å². The van der Waals surface area contributed by atoms with E-state index in [1.165, 1.54) is 36.4 Å². The summed E-state index contributed by atoms with van der Waals surface area (Å²) >= 11 is 0. The van der Waals surface area contributed by atoms with Gasteiger partial charge in [-0.2, -0.15) is 0 Å². The van der Waals surface area contributed by atoms with Crippen molar-refractivity contribution in [3.05, 3.63) is 47.5 Å². The molecule has 0 radical (unpaired) electrons. The van der Waals surface area contributed by atoms with Crippen molar-refractivity contribution in [1.29, 1.82) is 0 Å². The van der Waals surface area contributed by atoms with Crippen LogP contribution in [0.25, 0.3) is 11.1 Å². The van der Waals surface area contributed by atoms with Crippen LogP contribution in [0.1, 0.15) is 11.1 Å². The molecule has 114 valence electrons. The molecule has 22 heavy (non-hydrogen) atoms. The van der Waals surface area contributed by atoms with Gasteiger partial charge in [-0.3, -0.25) is 9.59 Å². The summed E-state index contributed by atoms with van der Waals surface area (Å²) in [6.45, 7) is 0. The molecule has 0 saturated heterocycles. The van der Waals surface area contributed by atoms with Crippen molar-refractivity contribution in [2.75, 3.05) is 0 Å². The summed E-state index contributed by atoms with van der Waals surface area (Å²) in [5.41, 5.74) is 0.947. The summed E-state index contributed by atoms with van der Waals surface area (Å²) in [7, 11) is 0. The highest BCUT2D eigenvalue weighted by Crippen LogP contribution is 2.34. The first kappa shape index (κ1) is 15.4. The lowest BCUT2D eigenvalue weighted by atomic mass is 9.97. The van der Waals surface area contributed by atoms with E-state index in [1.807, 2.05) is 0 Å². The Morgan fingerprint density at radius 3 is 1.45 bits per heavy atom. The molecule has 2 aromatic carbocycles. The number of hydrogen-bond acceptors (Lipinski definition) is 4. The van der Waals surface area contributed by atoms with Crippen molar-refractivity contribution in [1.82, 2.24) is 0 Å². The monoisotopic (exact) mass is 300 g/mol. The maximum absolute atomic E-state index is 11.9. The molecule has 0 saturated carbocycles. The Bertz CT molecular complexity index is 672. The molecule has 2 N–H and O–H groups in total. The summed E-state index contributed by atoms with van der Waals surface area (Å²) in [5.74, 6) is -2.93. The fourth-order valence-corrected chi connectivity index (χ4v) is 2.14. The average Bonchev–Trinajstić information content (AvgIpc) is 2.42. The van der Waals surface area contributed by atoms with Crippen LogP contribution in [0.15, 0.2) is 36.4 Å². The van der Waals surface area contributed by atoms with Gasteiger partial charge in [0.05, 0.1) is 12.8 Å². The third kappa shape index (κ3) is 3.54. The molecule has 6 nitrogen and oxygen atoms in total. The van der Waals surface area contributed by atoms with Gasteiger partial charge in [0, 0.05) is 0 Å². The molecule has 2 rings (SSSR count). The molecule has 0 unspecified atom stereocenters. The van der Waals surface area contributed by atoms with E-state index < -0.39 is 23.4 Å². The van der Waals surface area contributed by atoms with Crippen molar-refractivity contribution < 1.29 is 30.0 Å². The van der Waals surface area contributed by atoms with Crippen LogP contribution in [0.3, 0.4) is 0 Å². The van der Waals surface area contributed by atoms with E-state index in [0.717, 1.165) is 0 Å². The Balaban J connectivity index is 2.50. The minimum atomic E-state index is -1.05. The number of aliphatic carboxylic acids is 2. The molecular formula is C16H12O6-2. The molecule has 0 amide bonds. The smallest absolute Gasteiger partial charge is 0.307 e. The van der Waals surface area contributed by atoms with Crippen LogP contribution in [0, 0.1) is 0 Å². The molecule has 0 spiro atoms. The number of rotatable bonds is 5. The van der Waals surface area contributed by atoms with Crippen LogP contribution < -0.4 is 10.2 Å². The van der Waals surface area contributed by atoms with Crippen LogP contribution in [-0.4, -0.2) is 22.2 Å². The van der Waals surface area contributed by atoms with Gasteiger partial charge in [-0.15, -0.1) is 11.5 Å². The van der Waals surface area contributed by atoms with E-state index in [4.69, 9.17) is 10.2 Å². The Kier molecular flexibility index (Phi) is 4.31. The first-order valence-electron chi connectivity index (χ1n) is 6.40. The maximum Gasteiger partial charge on any atom is 0.307 e. The molecule has 0 aliphatic rings. The Hall–Kier alpha value is -3.02. The second-order valence-electron chi connectivity index (χ2n) is 4.80. The second kappa shape index (κ2) is 6.17. The summed E-state index contributed by atoms with van der Waals surface area (Å²) in [6, 6.07) is 7.92. The average molecular weight is 300 g/mol. The quantitative estimate of drug-likeness (QED) is 0.840. The summed E-state index contributed by atoms with van der Waals surface area (Å²) in [4.78, 5) is 21.5. The molecule has 0 bridgehead atoms. The van der Waals surface area contributed by atoms with E-state index in [0.29, 0.717) is 11.1 Å². The standard InChI is InChI=1S/C16H14O6/c17-13-3-1-9(7-15(19)20)5-11(13)12-6-10(8-16(21)22)2-4-14(12)18/h1-6,17-18H,7-8H2,(H,19,20)(H,21,22)/p-2. The molecule has 0 aliphatic heterocycles. The van der Waals surface area contributed by atoms with E-state index >= 15 is 0 Å². The number of carboxylic acids is 2. The summed E-state index contributed by atoms with van der Waals surface area (Å²) < 4.78 is 0. The lowest BCUT2D eigenvalue weighted by Gasteiger charge is -2.21. The van der Waals surface area contributed by atoms with Gasteiger partial charge in [0.2, 0.25) is 0 Å². The number of carboxylic acid groups (broad SMARTS) is 2. The third-order valence-corrected chi connectivity index (χ3v) is 3.09. The van der Waals surface area contributed by atoms with E-state index in [9.17, 15) is 19.8 Å². The second-order valence-corrected chi connectivity index (χ2v) is 4.80. The molecular weight excluding hydrogens is 288 g/mol. The molecule has 0 fully saturated rings. The predicted octanol–water partition coefficient (Wildman–Crippen LogP) is 0.755. The van der Waals surface area contributed by atoms with Crippen LogP contribution in [0.2, 0.25) is 0 Å². The van der Waals surface area contributed by atoms with E-state index in [2.05, 4.69) is 0 Å². The minimum absolute atomic E-state index is 0.0796. The Labute approximate surface area is 125 Å². The molecule has 0 atom stereocenters. The fraction of sp³-hybridized carbons (Fsp3) is 0.125. The molecule has 0 aromatic heterocycles. The SMILES string of the molecule is O=C(O)Cc1ccc([O-])c(-c2cc(CC(=O)O)ccc2[O-])c1. The molecule has 2 aromatic rings. The zero-order valence-electron chi connectivity index (χ0n) is 11.4. The van der Waals surface area contributed by atoms with Crippen molar-refractivity contribution in [3.8, 4) is 22.6 Å². The van der Waals surface area contributed by atoms with Gasteiger partial charge >= 0.3 is 11.9 Å². The molecule has 0 aliphatic carbocycles. The van der Waals surface area contributed by atoms with Gasteiger partial charge in [0.1, 0.15) is 0 Å². The van der Waals surface area contributed by atoms with Gasteiger partial charge in [-0.1, -0.05) is 36.4 Å². The first-order chi connectivity index (χ1) is 10.4. The van der Waals surface area contributed by atoms with Crippen molar-refractivity contribution in [2.45, 2.75) is 12.8 Å². The zero-order chi connectivity index (χ0) is 16.3. The predicted molar refractivity (Wildman–Crippen MR) is 73.4 cm³/mol. The topological polar surface area (TPSA) is 121 Å². The van der Waals surface area contributed by atoms with Crippen molar-refractivity contribution >= 4 is 11.9 Å². The highest BCUT2D eigenvalue weighted by atomic mass is 16.4. The zero-order valence-corrected chi connectivity index (χ0v) is 11.4. The maximum atomic E-state index is 11.9. The number of carbonyl (C=O) groups is 2.